The molecule has 0 aliphatic rings. The number of nitrogens with one attached hydrogen (secondary N) is 1. The second-order valence-corrected chi connectivity index (χ2v) is 5.38. The quantitative estimate of drug-likeness (QED) is 0.752. The zero-order chi connectivity index (χ0) is 19.1. The average molecular weight is 359 g/mol. The van der Waals surface area contributed by atoms with Crippen molar-refractivity contribution in [3.63, 3.8) is 0 Å². The Morgan fingerprint density at radius 3 is 2.50 bits per heavy atom. The lowest BCUT2D eigenvalue weighted by Crippen LogP contribution is -2.14. The number of ether oxygens (including phenoxy) is 3. The third-order valence-electron chi connectivity index (χ3n) is 3.55. The summed E-state index contributed by atoms with van der Waals surface area (Å²) in [5.74, 6) is -0.313. The van der Waals surface area contributed by atoms with Gasteiger partial charge in [0.05, 0.1) is 19.4 Å². The fraction of sp³-hybridized carbons (Fsp3) is 0.263. The number of carbonyl (C=O) groups excluding carboxylic acids is 1. The van der Waals surface area contributed by atoms with Gasteiger partial charge in [0.25, 0.3) is 5.91 Å². The van der Waals surface area contributed by atoms with Crippen molar-refractivity contribution < 1.29 is 28.9 Å². The van der Waals surface area contributed by atoms with E-state index in [1.165, 1.54) is 19.2 Å². The van der Waals surface area contributed by atoms with Crippen LogP contribution in [0.3, 0.4) is 0 Å². The number of hydrogen-bond acceptors (Lipinski definition) is 5. The summed E-state index contributed by atoms with van der Waals surface area (Å²) in [5.41, 5.74) is 1.80. The lowest BCUT2D eigenvalue weighted by atomic mass is 10.1. The Morgan fingerprint density at radius 2 is 1.85 bits per heavy atom. The Kier molecular flexibility index (Phi) is 6.43. The lowest BCUT2D eigenvalue weighted by molar-refractivity contribution is -0.139. The minimum atomic E-state index is -1.10. The summed E-state index contributed by atoms with van der Waals surface area (Å²) in [4.78, 5) is 23.3. The van der Waals surface area contributed by atoms with Gasteiger partial charge in [0.15, 0.2) is 18.1 Å². The Hall–Kier alpha value is -3.22. The number of rotatable bonds is 8. The molecule has 7 nitrogen and oxygen atoms in total. The van der Waals surface area contributed by atoms with Crippen molar-refractivity contribution in [1.29, 1.82) is 0 Å². The molecule has 2 aromatic rings. The van der Waals surface area contributed by atoms with E-state index in [1.807, 2.05) is 19.1 Å². The third kappa shape index (κ3) is 4.66. The average Bonchev–Trinajstić information content (AvgIpc) is 2.62. The first-order valence-electron chi connectivity index (χ1n) is 8.02. The van der Waals surface area contributed by atoms with Gasteiger partial charge in [-0.2, -0.15) is 0 Å². The smallest absolute Gasteiger partial charge is 0.341 e. The van der Waals surface area contributed by atoms with Gasteiger partial charge in [0.1, 0.15) is 5.75 Å². The summed E-state index contributed by atoms with van der Waals surface area (Å²) in [5, 5.41) is 11.6. The highest BCUT2D eigenvalue weighted by atomic mass is 16.5. The number of carboxylic acids is 1. The molecule has 0 saturated heterocycles. The lowest BCUT2D eigenvalue weighted by Gasteiger charge is -2.15. The molecule has 1 amide bonds. The normalized spacial score (nSPS) is 10.1. The van der Waals surface area contributed by atoms with Crippen LogP contribution < -0.4 is 19.5 Å². The molecule has 0 bridgehead atoms. The largest absolute Gasteiger partial charge is 0.495 e. The molecule has 0 aliphatic heterocycles. The van der Waals surface area contributed by atoms with Crippen molar-refractivity contribution >= 4 is 17.6 Å². The molecule has 138 valence electrons. The summed E-state index contributed by atoms with van der Waals surface area (Å²) in [6.07, 6.45) is 0. The first kappa shape index (κ1) is 19.1. The highest BCUT2D eigenvalue weighted by Crippen LogP contribution is 2.31. The molecule has 0 radical (unpaired) electrons. The van der Waals surface area contributed by atoms with Gasteiger partial charge < -0.3 is 24.6 Å². The van der Waals surface area contributed by atoms with Crippen molar-refractivity contribution in [3.05, 3.63) is 47.5 Å². The van der Waals surface area contributed by atoms with E-state index in [-0.39, 0.29) is 11.7 Å². The minimum absolute atomic E-state index is 0.263. The molecule has 0 aromatic heterocycles. The van der Waals surface area contributed by atoms with E-state index in [2.05, 4.69) is 5.32 Å². The van der Waals surface area contributed by atoms with Gasteiger partial charge in [0, 0.05) is 5.56 Å². The van der Waals surface area contributed by atoms with Crippen molar-refractivity contribution in [1.82, 2.24) is 0 Å². The van der Waals surface area contributed by atoms with E-state index in [9.17, 15) is 9.59 Å². The monoisotopic (exact) mass is 359 g/mol. The summed E-state index contributed by atoms with van der Waals surface area (Å²) in [7, 11) is 1.53. The SMILES string of the molecule is CCOc1cc(C(=O)Nc2c(C)cccc2OC)ccc1OCC(=O)O. The number of carbonyl (C=O) groups is 2. The molecule has 2 aromatic carbocycles. The van der Waals surface area contributed by atoms with Gasteiger partial charge in [0.2, 0.25) is 0 Å². The number of anilines is 1. The number of hydrogen-bond donors (Lipinski definition) is 2. The van der Waals surface area contributed by atoms with Gasteiger partial charge in [-0.05, 0) is 43.7 Å². The maximum absolute atomic E-state index is 12.6. The highest BCUT2D eigenvalue weighted by molar-refractivity contribution is 6.05. The van der Waals surface area contributed by atoms with Crippen LogP contribution in [0.1, 0.15) is 22.8 Å². The van der Waals surface area contributed by atoms with E-state index >= 15 is 0 Å². The van der Waals surface area contributed by atoms with Crippen LogP contribution in [0.2, 0.25) is 0 Å². The molecular weight excluding hydrogens is 338 g/mol. The van der Waals surface area contributed by atoms with Gasteiger partial charge in [-0.25, -0.2) is 4.79 Å². The number of benzene rings is 2. The standard InChI is InChI=1S/C19H21NO6/c1-4-25-16-10-13(8-9-14(16)26-11-17(21)22)19(23)20-18-12(2)6-5-7-15(18)24-3/h5-10H,4,11H2,1-3H3,(H,20,23)(H,21,22). The Labute approximate surface area is 151 Å². The number of amides is 1. The fourth-order valence-electron chi connectivity index (χ4n) is 2.33. The fourth-order valence-corrected chi connectivity index (χ4v) is 2.33. The Bertz CT molecular complexity index is 803. The molecule has 7 heteroatoms. The number of carboxylic acid groups (broad SMARTS) is 1. The van der Waals surface area contributed by atoms with E-state index in [0.29, 0.717) is 29.4 Å². The number of aliphatic carboxylic acids is 1. The van der Waals surface area contributed by atoms with Gasteiger partial charge in [-0.3, -0.25) is 4.79 Å². The molecule has 2 N–H and O–H groups in total. The third-order valence-corrected chi connectivity index (χ3v) is 3.55. The van der Waals surface area contributed by atoms with Crippen LogP contribution in [0.4, 0.5) is 5.69 Å². The second-order valence-electron chi connectivity index (χ2n) is 5.38. The minimum Gasteiger partial charge on any atom is -0.495 e. The number of para-hydroxylation sites is 1. The van der Waals surface area contributed by atoms with Crippen molar-refractivity contribution in [2.75, 3.05) is 25.6 Å². The zero-order valence-electron chi connectivity index (χ0n) is 14.9. The molecule has 0 saturated carbocycles. The molecule has 0 aliphatic carbocycles. The molecule has 0 heterocycles. The van der Waals surface area contributed by atoms with Crippen LogP contribution in [-0.2, 0) is 4.79 Å². The number of methoxy groups -OCH3 is 1. The topological polar surface area (TPSA) is 94.1 Å². The first-order chi connectivity index (χ1) is 12.5. The highest BCUT2D eigenvalue weighted by Gasteiger charge is 2.15. The van der Waals surface area contributed by atoms with Crippen LogP contribution in [0.5, 0.6) is 17.2 Å². The Morgan fingerprint density at radius 1 is 1.08 bits per heavy atom. The van der Waals surface area contributed by atoms with E-state index in [4.69, 9.17) is 19.3 Å². The summed E-state index contributed by atoms with van der Waals surface area (Å²) in [6.45, 7) is 3.50. The predicted molar refractivity (Wildman–Crippen MR) is 96.4 cm³/mol. The molecule has 26 heavy (non-hydrogen) atoms. The van der Waals surface area contributed by atoms with Crippen LogP contribution in [-0.4, -0.2) is 37.3 Å². The molecule has 0 unspecified atom stereocenters. The van der Waals surface area contributed by atoms with E-state index in [1.54, 1.807) is 19.1 Å². The summed E-state index contributed by atoms with van der Waals surface area (Å²) < 4.78 is 15.9. The second kappa shape index (κ2) is 8.75. The zero-order valence-corrected chi connectivity index (χ0v) is 14.9. The first-order valence-corrected chi connectivity index (χ1v) is 8.02. The van der Waals surface area contributed by atoms with Crippen LogP contribution in [0, 0.1) is 6.92 Å². The van der Waals surface area contributed by atoms with Crippen LogP contribution in [0.15, 0.2) is 36.4 Å². The van der Waals surface area contributed by atoms with E-state index < -0.39 is 12.6 Å². The maximum Gasteiger partial charge on any atom is 0.341 e. The molecule has 0 spiro atoms. The maximum atomic E-state index is 12.6. The summed E-state index contributed by atoms with van der Waals surface area (Å²) >= 11 is 0. The molecule has 2 rings (SSSR count). The predicted octanol–water partition coefficient (Wildman–Crippen LogP) is 3.12. The van der Waals surface area contributed by atoms with Gasteiger partial charge in [-0.1, -0.05) is 12.1 Å². The van der Waals surface area contributed by atoms with Crippen molar-refractivity contribution in [3.8, 4) is 17.2 Å². The molecular formula is C19H21NO6. The number of aryl methyl sites for hydroxylation is 1. The van der Waals surface area contributed by atoms with Gasteiger partial charge in [-0.15, -0.1) is 0 Å². The van der Waals surface area contributed by atoms with E-state index in [0.717, 1.165) is 5.56 Å². The van der Waals surface area contributed by atoms with Crippen LogP contribution in [0.25, 0.3) is 0 Å². The van der Waals surface area contributed by atoms with Gasteiger partial charge >= 0.3 is 5.97 Å². The molecule has 0 atom stereocenters. The van der Waals surface area contributed by atoms with Crippen molar-refractivity contribution in [2.24, 2.45) is 0 Å². The summed E-state index contributed by atoms with van der Waals surface area (Å²) in [6, 6.07) is 10.0. The van der Waals surface area contributed by atoms with Crippen molar-refractivity contribution in [2.45, 2.75) is 13.8 Å². The van der Waals surface area contributed by atoms with Crippen LogP contribution >= 0.6 is 0 Å². The Balaban J connectivity index is 2.26. The molecule has 0 fully saturated rings.